The van der Waals surface area contributed by atoms with Crippen LogP contribution in [0.15, 0.2) is 0 Å². The lowest BCUT2D eigenvalue weighted by Crippen LogP contribution is -2.54. The summed E-state index contributed by atoms with van der Waals surface area (Å²) >= 11 is 0.711. The molecule has 2 unspecified atom stereocenters. The fourth-order valence-electron chi connectivity index (χ4n) is 2.14. The van der Waals surface area contributed by atoms with Gasteiger partial charge in [-0.3, -0.25) is 33.7 Å². The van der Waals surface area contributed by atoms with E-state index in [1.807, 2.05) is 6.92 Å². The van der Waals surface area contributed by atoms with Crippen molar-refractivity contribution in [1.29, 1.82) is 0 Å². The summed E-state index contributed by atoms with van der Waals surface area (Å²) in [5.41, 5.74) is 5.67. The van der Waals surface area contributed by atoms with Crippen molar-refractivity contribution in [2.45, 2.75) is 52.1 Å². The molecule has 0 saturated carbocycles. The second-order valence-corrected chi connectivity index (χ2v) is 7.22. The highest BCUT2D eigenvalue weighted by molar-refractivity contribution is 8.13. The highest BCUT2D eigenvalue weighted by Crippen LogP contribution is 2.14. The van der Waals surface area contributed by atoms with Crippen LogP contribution in [0.25, 0.3) is 0 Å². The molecule has 0 radical (unpaired) electrons. The molecule has 0 aliphatic heterocycles. The largest absolute Gasteiger partial charge is 0.480 e. The Morgan fingerprint density at radius 3 is 2.28 bits per heavy atom. The molecule has 0 aromatic rings. The van der Waals surface area contributed by atoms with Gasteiger partial charge >= 0.3 is 11.9 Å². The zero-order valence-corrected chi connectivity index (χ0v) is 17.5. The lowest BCUT2D eigenvalue weighted by molar-refractivity contribution is -0.150. The van der Waals surface area contributed by atoms with Gasteiger partial charge in [0, 0.05) is 26.0 Å². The number of carbonyl (C=O) groups is 6. The van der Waals surface area contributed by atoms with Gasteiger partial charge in [0.25, 0.3) is 0 Å². The zero-order chi connectivity index (χ0) is 22.6. The summed E-state index contributed by atoms with van der Waals surface area (Å²) in [4.78, 5) is 71.2. The molecule has 0 aliphatic carbocycles. The number of nitrogens with two attached hydrogens (primary N) is 1. The van der Waals surface area contributed by atoms with E-state index in [1.165, 1.54) is 6.92 Å². The molecule has 0 spiro atoms. The van der Waals surface area contributed by atoms with Crippen molar-refractivity contribution in [2.75, 3.05) is 18.9 Å². The maximum absolute atomic E-state index is 12.6. The minimum Gasteiger partial charge on any atom is -0.480 e. The summed E-state index contributed by atoms with van der Waals surface area (Å²) in [6, 6.07) is -2.47. The van der Waals surface area contributed by atoms with Crippen LogP contribution in [0.3, 0.4) is 0 Å². The van der Waals surface area contributed by atoms with Crippen LogP contribution in [-0.2, 0) is 33.5 Å². The molecule has 0 aromatic heterocycles. The summed E-state index contributed by atoms with van der Waals surface area (Å²) in [6.07, 6.45) is 0.167. The Labute approximate surface area is 172 Å². The minimum absolute atomic E-state index is 0.117. The number of imide groups is 1. The first-order chi connectivity index (χ1) is 13.5. The molecule has 164 valence electrons. The molecule has 11 nitrogen and oxygen atoms in total. The van der Waals surface area contributed by atoms with E-state index >= 15 is 0 Å². The highest BCUT2D eigenvalue weighted by atomic mass is 32.2. The molecule has 0 bridgehead atoms. The third-order valence-electron chi connectivity index (χ3n) is 3.50. The SMILES string of the molecule is CCCOC(=O)C(N)CCC(=O)N(C(C)=O)C(CSC(C)=O)C(=O)NCC(=O)O. The molecule has 0 rings (SSSR count). The van der Waals surface area contributed by atoms with Crippen LogP contribution >= 0.6 is 11.8 Å². The van der Waals surface area contributed by atoms with Crippen LogP contribution in [0.5, 0.6) is 0 Å². The predicted molar refractivity (Wildman–Crippen MR) is 104 cm³/mol. The Morgan fingerprint density at radius 2 is 1.79 bits per heavy atom. The molecule has 29 heavy (non-hydrogen) atoms. The number of carbonyl (C=O) groups excluding carboxylic acids is 5. The first kappa shape index (κ1) is 26.5. The maximum Gasteiger partial charge on any atom is 0.322 e. The fraction of sp³-hybridized carbons (Fsp3) is 0.647. The van der Waals surface area contributed by atoms with Gasteiger partial charge in [0.05, 0.1) is 6.61 Å². The van der Waals surface area contributed by atoms with E-state index in [0.717, 1.165) is 6.92 Å². The number of nitrogens with zero attached hydrogens (tertiary/aromatic N) is 1. The third-order valence-corrected chi connectivity index (χ3v) is 4.39. The van der Waals surface area contributed by atoms with Crippen LogP contribution in [-0.4, -0.2) is 75.8 Å². The molecular formula is C17H27N3O8S. The number of carboxylic acid groups (broad SMARTS) is 1. The number of hydrogen-bond acceptors (Lipinski definition) is 9. The van der Waals surface area contributed by atoms with E-state index in [9.17, 15) is 28.8 Å². The molecule has 2 atom stereocenters. The van der Waals surface area contributed by atoms with E-state index in [-0.39, 0.29) is 30.3 Å². The Kier molecular flexibility index (Phi) is 12.5. The first-order valence-electron chi connectivity index (χ1n) is 8.88. The molecular weight excluding hydrogens is 406 g/mol. The smallest absolute Gasteiger partial charge is 0.322 e. The summed E-state index contributed by atoms with van der Waals surface area (Å²) in [5.74, 6) is -4.68. The number of rotatable bonds is 12. The number of hydrogen-bond donors (Lipinski definition) is 3. The monoisotopic (exact) mass is 433 g/mol. The molecule has 4 N–H and O–H groups in total. The predicted octanol–water partition coefficient (Wildman–Crippen LogP) is -0.729. The topological polar surface area (TPSA) is 173 Å². The van der Waals surface area contributed by atoms with Crippen molar-refractivity contribution in [3.8, 4) is 0 Å². The summed E-state index contributed by atoms with van der Waals surface area (Å²) in [5, 5.41) is 10.4. The molecule has 12 heteroatoms. The average Bonchev–Trinajstić information content (AvgIpc) is 2.64. The van der Waals surface area contributed by atoms with Gasteiger partial charge in [-0.1, -0.05) is 18.7 Å². The van der Waals surface area contributed by atoms with Crippen LogP contribution in [0.2, 0.25) is 0 Å². The number of aliphatic carboxylic acids is 1. The third kappa shape index (κ3) is 10.6. The number of ether oxygens (including phenoxy) is 1. The van der Waals surface area contributed by atoms with Crippen molar-refractivity contribution in [1.82, 2.24) is 10.2 Å². The molecule has 3 amide bonds. The Hall–Kier alpha value is -2.47. The van der Waals surface area contributed by atoms with E-state index in [2.05, 4.69) is 5.32 Å². The fourth-order valence-corrected chi connectivity index (χ4v) is 2.83. The lowest BCUT2D eigenvalue weighted by atomic mass is 10.1. The molecule has 0 aromatic carbocycles. The van der Waals surface area contributed by atoms with Gasteiger partial charge in [-0.2, -0.15) is 0 Å². The number of carboxylic acids is 1. The Bertz CT molecular complexity index is 640. The van der Waals surface area contributed by atoms with Gasteiger partial charge in [-0.25, -0.2) is 0 Å². The van der Waals surface area contributed by atoms with Crippen molar-refractivity contribution < 1.29 is 38.6 Å². The van der Waals surface area contributed by atoms with E-state index < -0.39 is 48.3 Å². The van der Waals surface area contributed by atoms with Crippen LogP contribution < -0.4 is 11.1 Å². The number of nitrogens with one attached hydrogen (secondary N) is 1. The second kappa shape index (κ2) is 13.7. The first-order valence-corrected chi connectivity index (χ1v) is 9.87. The van der Waals surface area contributed by atoms with E-state index in [1.54, 1.807) is 0 Å². The second-order valence-electron chi connectivity index (χ2n) is 6.03. The van der Waals surface area contributed by atoms with Crippen LogP contribution in [0.1, 0.15) is 40.0 Å². The van der Waals surface area contributed by atoms with Gasteiger partial charge in [-0.15, -0.1) is 0 Å². The molecule has 0 aliphatic rings. The van der Waals surface area contributed by atoms with Crippen molar-refractivity contribution >= 4 is 46.5 Å². The van der Waals surface area contributed by atoms with Crippen LogP contribution in [0, 0.1) is 0 Å². The van der Waals surface area contributed by atoms with Crippen molar-refractivity contribution in [3.63, 3.8) is 0 Å². The van der Waals surface area contributed by atoms with E-state index in [4.69, 9.17) is 15.6 Å². The van der Waals surface area contributed by atoms with E-state index in [0.29, 0.717) is 23.1 Å². The molecule has 0 saturated heterocycles. The Balaban J connectivity index is 5.25. The maximum atomic E-state index is 12.6. The lowest BCUT2D eigenvalue weighted by Gasteiger charge is -2.28. The standard InChI is InChI=1S/C17H27N3O8S/c1-4-7-28-17(27)12(18)5-6-14(23)20(10(2)21)13(9-29-11(3)22)16(26)19-8-15(24)25/h12-13H,4-9,18H2,1-3H3,(H,19,26)(H,24,25). The van der Waals surface area contributed by atoms with Crippen LogP contribution in [0.4, 0.5) is 0 Å². The quantitative estimate of drug-likeness (QED) is 0.333. The highest BCUT2D eigenvalue weighted by Gasteiger charge is 2.33. The number of esters is 1. The zero-order valence-electron chi connectivity index (χ0n) is 16.6. The molecule has 0 heterocycles. The summed E-state index contributed by atoms with van der Waals surface area (Å²) < 4.78 is 4.88. The van der Waals surface area contributed by atoms with Gasteiger partial charge in [0.15, 0.2) is 5.12 Å². The van der Waals surface area contributed by atoms with Gasteiger partial charge in [0.1, 0.15) is 18.6 Å². The number of thioether (sulfide) groups is 1. The molecule has 0 fully saturated rings. The summed E-state index contributed by atoms with van der Waals surface area (Å²) in [7, 11) is 0. The van der Waals surface area contributed by atoms with Gasteiger partial charge in [-0.05, 0) is 12.8 Å². The summed E-state index contributed by atoms with van der Waals surface area (Å²) in [6.45, 7) is 3.59. The normalized spacial score (nSPS) is 12.4. The Morgan fingerprint density at radius 1 is 1.17 bits per heavy atom. The average molecular weight is 433 g/mol. The van der Waals surface area contributed by atoms with Gasteiger partial charge in [0.2, 0.25) is 17.7 Å². The van der Waals surface area contributed by atoms with Crippen molar-refractivity contribution in [2.24, 2.45) is 5.73 Å². The minimum atomic E-state index is -1.39. The number of amides is 3. The van der Waals surface area contributed by atoms with Crippen molar-refractivity contribution in [3.05, 3.63) is 0 Å². The van der Waals surface area contributed by atoms with Gasteiger partial charge < -0.3 is 20.9 Å².